The molecule has 0 aliphatic carbocycles. The van der Waals surface area contributed by atoms with Crippen LogP contribution >= 0.6 is 0 Å². The van der Waals surface area contributed by atoms with E-state index in [-0.39, 0.29) is 17.2 Å². The van der Waals surface area contributed by atoms with Gasteiger partial charge in [0.1, 0.15) is 5.82 Å². The van der Waals surface area contributed by atoms with Gasteiger partial charge in [-0.3, -0.25) is 4.79 Å². The van der Waals surface area contributed by atoms with E-state index in [9.17, 15) is 4.79 Å². The summed E-state index contributed by atoms with van der Waals surface area (Å²) in [7, 11) is 0. The molecule has 0 fully saturated rings. The van der Waals surface area contributed by atoms with Crippen molar-refractivity contribution in [3.05, 3.63) is 23.4 Å². The number of hydrogen-bond acceptors (Lipinski definition) is 4. The molecule has 0 spiro atoms. The van der Waals surface area contributed by atoms with Crippen LogP contribution in [0.1, 0.15) is 63.0 Å². The number of pyridine rings is 1. The molecule has 1 heterocycles. The van der Waals surface area contributed by atoms with Crippen LogP contribution in [0.25, 0.3) is 0 Å². The van der Waals surface area contributed by atoms with E-state index < -0.39 is 0 Å². The number of carbonyl (C=O) groups is 1. The van der Waals surface area contributed by atoms with Crippen LogP contribution in [0.15, 0.2) is 12.1 Å². The maximum atomic E-state index is 12.2. The van der Waals surface area contributed by atoms with Crippen LogP contribution in [0.3, 0.4) is 0 Å². The average Bonchev–Trinajstić information content (AvgIpc) is 2.36. The lowest BCUT2D eigenvalue weighted by atomic mass is 9.92. The summed E-state index contributed by atoms with van der Waals surface area (Å²) in [6, 6.07) is 3.48. The molecule has 0 aromatic carbocycles. The van der Waals surface area contributed by atoms with Gasteiger partial charge in [0.25, 0.3) is 5.91 Å². The van der Waals surface area contributed by atoms with E-state index in [4.69, 9.17) is 5.84 Å². The van der Waals surface area contributed by atoms with Crippen molar-refractivity contribution in [2.45, 2.75) is 47.0 Å². The zero-order valence-electron chi connectivity index (χ0n) is 13.1. The van der Waals surface area contributed by atoms with Gasteiger partial charge in [-0.15, -0.1) is 0 Å². The van der Waals surface area contributed by atoms with Crippen LogP contribution in [0.2, 0.25) is 0 Å². The van der Waals surface area contributed by atoms with E-state index in [2.05, 4.69) is 36.5 Å². The maximum Gasteiger partial charge on any atom is 0.251 e. The molecule has 20 heavy (non-hydrogen) atoms. The largest absolute Gasteiger partial charge is 0.352 e. The average molecular weight is 278 g/mol. The molecule has 1 rings (SSSR count). The number of amides is 1. The zero-order chi connectivity index (χ0) is 15.3. The first kappa shape index (κ1) is 16.4. The van der Waals surface area contributed by atoms with Crippen LogP contribution in [-0.2, 0) is 0 Å². The minimum atomic E-state index is -0.0879. The van der Waals surface area contributed by atoms with Crippen LogP contribution in [0.5, 0.6) is 0 Å². The summed E-state index contributed by atoms with van der Waals surface area (Å²) in [6.07, 6.45) is 0.933. The van der Waals surface area contributed by atoms with Crippen molar-refractivity contribution < 1.29 is 4.79 Å². The lowest BCUT2D eigenvalue weighted by molar-refractivity contribution is 0.0949. The quantitative estimate of drug-likeness (QED) is 0.571. The Morgan fingerprint density at radius 3 is 2.50 bits per heavy atom. The van der Waals surface area contributed by atoms with Gasteiger partial charge in [-0.1, -0.05) is 34.6 Å². The summed E-state index contributed by atoms with van der Waals surface area (Å²) in [6.45, 7) is 11.2. The Balaban J connectivity index is 2.79. The van der Waals surface area contributed by atoms with Gasteiger partial charge in [-0.25, -0.2) is 10.8 Å². The first-order valence-corrected chi connectivity index (χ1v) is 7.00. The molecule has 0 aliphatic heterocycles. The monoisotopic (exact) mass is 278 g/mol. The topological polar surface area (TPSA) is 80.0 Å². The third-order valence-electron chi connectivity index (χ3n) is 3.01. The molecular formula is C15H26N4O. The van der Waals surface area contributed by atoms with E-state index in [0.717, 1.165) is 12.1 Å². The second kappa shape index (κ2) is 6.70. The molecular weight excluding hydrogens is 252 g/mol. The van der Waals surface area contributed by atoms with E-state index >= 15 is 0 Å². The summed E-state index contributed by atoms with van der Waals surface area (Å²) < 4.78 is 0. The number of nitrogens with one attached hydrogen (secondary N) is 2. The van der Waals surface area contributed by atoms with Crippen molar-refractivity contribution in [2.24, 2.45) is 11.3 Å². The van der Waals surface area contributed by atoms with Crippen LogP contribution in [-0.4, -0.2) is 17.4 Å². The predicted octanol–water partition coefficient (Wildman–Crippen LogP) is 2.66. The summed E-state index contributed by atoms with van der Waals surface area (Å²) in [4.78, 5) is 16.5. The first-order valence-electron chi connectivity index (χ1n) is 7.00. The van der Waals surface area contributed by atoms with E-state index in [1.807, 2.05) is 19.9 Å². The standard InChI is InChI=1S/C15H26N4O/c1-10(2)12-8-11(9-13(18-12)19-16)14(20)17-7-6-15(3,4)5/h8-10H,6-7,16H2,1-5H3,(H,17,20)(H,18,19). The predicted molar refractivity (Wildman–Crippen MR) is 82.5 cm³/mol. The molecule has 0 atom stereocenters. The van der Waals surface area contributed by atoms with Gasteiger partial charge in [0, 0.05) is 17.8 Å². The Bertz CT molecular complexity index is 463. The fourth-order valence-electron chi connectivity index (χ4n) is 1.71. The summed E-state index contributed by atoms with van der Waals surface area (Å²) in [5, 5.41) is 2.94. The number of carbonyl (C=O) groups excluding carboxylic acids is 1. The van der Waals surface area contributed by atoms with Gasteiger partial charge >= 0.3 is 0 Å². The van der Waals surface area contributed by atoms with Crippen molar-refractivity contribution in [1.29, 1.82) is 0 Å². The van der Waals surface area contributed by atoms with Gasteiger partial charge in [0.05, 0.1) is 0 Å². The second-order valence-electron chi connectivity index (χ2n) is 6.53. The van der Waals surface area contributed by atoms with Crippen LogP contribution in [0.4, 0.5) is 5.82 Å². The fraction of sp³-hybridized carbons (Fsp3) is 0.600. The number of hydrogen-bond donors (Lipinski definition) is 3. The molecule has 112 valence electrons. The molecule has 0 unspecified atom stereocenters. The molecule has 5 nitrogen and oxygen atoms in total. The first-order chi connectivity index (χ1) is 9.23. The molecule has 0 radical (unpaired) electrons. The second-order valence-corrected chi connectivity index (χ2v) is 6.53. The Kier molecular flexibility index (Phi) is 5.51. The highest BCUT2D eigenvalue weighted by Crippen LogP contribution is 2.18. The molecule has 0 bridgehead atoms. The van der Waals surface area contributed by atoms with Crippen molar-refractivity contribution in [1.82, 2.24) is 10.3 Å². The van der Waals surface area contributed by atoms with E-state index in [0.29, 0.717) is 17.9 Å². The SMILES string of the molecule is CC(C)c1cc(C(=O)NCCC(C)(C)C)cc(NN)n1. The number of nitrogens with zero attached hydrogens (tertiary/aromatic N) is 1. The molecule has 4 N–H and O–H groups in total. The Labute approximate surface area is 121 Å². The summed E-state index contributed by atoms with van der Waals surface area (Å²) in [5.74, 6) is 6.06. The summed E-state index contributed by atoms with van der Waals surface area (Å²) in [5.41, 5.74) is 4.15. The molecule has 1 aromatic heterocycles. The molecule has 0 saturated carbocycles. The normalized spacial score (nSPS) is 11.6. The summed E-state index contributed by atoms with van der Waals surface area (Å²) >= 11 is 0. The number of nitrogens with two attached hydrogens (primary N) is 1. The number of nitrogen functional groups attached to an aromatic ring is 1. The van der Waals surface area contributed by atoms with E-state index in [1.165, 1.54) is 0 Å². The van der Waals surface area contributed by atoms with Crippen molar-refractivity contribution in [2.75, 3.05) is 12.0 Å². The third-order valence-corrected chi connectivity index (χ3v) is 3.01. The molecule has 0 saturated heterocycles. The molecule has 1 aromatic rings. The highest BCUT2D eigenvalue weighted by Gasteiger charge is 2.13. The van der Waals surface area contributed by atoms with E-state index in [1.54, 1.807) is 6.07 Å². The van der Waals surface area contributed by atoms with Gasteiger partial charge in [0.15, 0.2) is 0 Å². The van der Waals surface area contributed by atoms with Crippen molar-refractivity contribution in [3.8, 4) is 0 Å². The van der Waals surface area contributed by atoms with Crippen molar-refractivity contribution in [3.63, 3.8) is 0 Å². The fourth-order valence-corrected chi connectivity index (χ4v) is 1.71. The minimum absolute atomic E-state index is 0.0879. The Morgan fingerprint density at radius 2 is 2.00 bits per heavy atom. The maximum absolute atomic E-state index is 12.2. The number of hydrazine groups is 1. The zero-order valence-corrected chi connectivity index (χ0v) is 13.1. The number of aromatic nitrogens is 1. The Morgan fingerprint density at radius 1 is 1.35 bits per heavy atom. The highest BCUT2D eigenvalue weighted by molar-refractivity contribution is 5.95. The number of rotatable bonds is 5. The lowest BCUT2D eigenvalue weighted by Crippen LogP contribution is -2.27. The number of anilines is 1. The molecule has 0 aliphatic rings. The van der Waals surface area contributed by atoms with Gasteiger partial charge in [-0.2, -0.15) is 0 Å². The molecule has 5 heteroatoms. The van der Waals surface area contributed by atoms with Gasteiger partial charge < -0.3 is 10.7 Å². The lowest BCUT2D eigenvalue weighted by Gasteiger charge is -2.18. The van der Waals surface area contributed by atoms with Crippen molar-refractivity contribution >= 4 is 11.7 Å². The third kappa shape index (κ3) is 5.17. The smallest absolute Gasteiger partial charge is 0.251 e. The van der Waals surface area contributed by atoms with Gasteiger partial charge in [0.2, 0.25) is 0 Å². The van der Waals surface area contributed by atoms with Crippen LogP contribution in [0, 0.1) is 5.41 Å². The minimum Gasteiger partial charge on any atom is -0.352 e. The van der Waals surface area contributed by atoms with Gasteiger partial charge in [-0.05, 0) is 29.9 Å². The molecule has 1 amide bonds. The Hall–Kier alpha value is -1.62. The van der Waals surface area contributed by atoms with Crippen LogP contribution < -0.4 is 16.6 Å². The highest BCUT2D eigenvalue weighted by atomic mass is 16.1.